The zero-order valence-corrected chi connectivity index (χ0v) is 16.4. The summed E-state index contributed by atoms with van der Waals surface area (Å²) in [5.74, 6) is -1.21. The van der Waals surface area contributed by atoms with Crippen LogP contribution in [0.4, 0.5) is 0 Å². The Bertz CT molecular complexity index is 798. The molecule has 0 saturated heterocycles. The van der Waals surface area contributed by atoms with Crippen molar-refractivity contribution in [3.05, 3.63) is 46.1 Å². The number of benzene rings is 1. The summed E-state index contributed by atoms with van der Waals surface area (Å²) < 4.78 is 5.72. The number of halogens is 2. The molecular formula is C19H21Cl2NO5. The number of carboxylic acids is 2. The second-order valence-electron chi connectivity index (χ2n) is 6.71. The van der Waals surface area contributed by atoms with Gasteiger partial charge in [-0.3, -0.25) is 14.9 Å². The molecule has 0 aliphatic rings. The first kappa shape index (κ1) is 21.3. The normalized spacial score (nSPS) is 13.5. The number of carbonyl (C=O) groups is 2. The Balaban J connectivity index is 2.16. The highest BCUT2D eigenvalue weighted by molar-refractivity contribution is 6.35. The van der Waals surface area contributed by atoms with Crippen molar-refractivity contribution in [3.63, 3.8) is 0 Å². The smallest absolute Gasteiger partial charge is 0.321 e. The molecule has 0 saturated carbocycles. The Labute approximate surface area is 167 Å². The van der Waals surface area contributed by atoms with Crippen LogP contribution in [0.1, 0.15) is 26.0 Å². The molecule has 2 unspecified atom stereocenters. The van der Waals surface area contributed by atoms with E-state index in [-0.39, 0.29) is 12.3 Å². The van der Waals surface area contributed by atoms with Crippen LogP contribution in [-0.2, 0) is 16.0 Å². The molecule has 8 heteroatoms. The standard InChI is InChI=1S/C19H21Cl2NO5/c1-10(2)5-15(18(23)24)22-16(19(25)26)9-14-3-4-17(27-14)11-6-12(20)8-13(21)7-11/h3-4,6-8,10,15-16,22H,5,9H2,1-2H3,(H,23,24)(H,25,26). The molecule has 1 aromatic heterocycles. The van der Waals surface area contributed by atoms with E-state index in [1.54, 1.807) is 30.3 Å². The number of hydrogen-bond donors (Lipinski definition) is 3. The van der Waals surface area contributed by atoms with Gasteiger partial charge in [0, 0.05) is 22.0 Å². The molecule has 2 atom stereocenters. The molecule has 0 radical (unpaired) electrons. The van der Waals surface area contributed by atoms with Gasteiger partial charge in [-0.15, -0.1) is 0 Å². The van der Waals surface area contributed by atoms with E-state index in [2.05, 4.69) is 5.32 Å². The van der Waals surface area contributed by atoms with E-state index in [9.17, 15) is 19.8 Å². The van der Waals surface area contributed by atoms with Gasteiger partial charge in [0.05, 0.1) is 0 Å². The van der Waals surface area contributed by atoms with Gasteiger partial charge in [-0.1, -0.05) is 37.0 Å². The molecule has 1 heterocycles. The molecule has 27 heavy (non-hydrogen) atoms. The summed E-state index contributed by atoms with van der Waals surface area (Å²) in [5, 5.41) is 22.4. The number of nitrogens with one attached hydrogen (secondary N) is 1. The van der Waals surface area contributed by atoms with E-state index in [1.165, 1.54) is 0 Å². The molecular weight excluding hydrogens is 393 g/mol. The summed E-state index contributed by atoms with van der Waals surface area (Å²) in [6, 6.07) is 6.28. The summed E-state index contributed by atoms with van der Waals surface area (Å²) in [7, 11) is 0. The fourth-order valence-corrected chi connectivity index (χ4v) is 3.24. The molecule has 0 fully saturated rings. The molecule has 0 bridgehead atoms. The summed E-state index contributed by atoms with van der Waals surface area (Å²) in [5.41, 5.74) is 0.668. The summed E-state index contributed by atoms with van der Waals surface area (Å²) in [6.07, 6.45) is 0.328. The van der Waals surface area contributed by atoms with Crippen LogP contribution in [0, 0.1) is 5.92 Å². The second-order valence-corrected chi connectivity index (χ2v) is 7.58. The van der Waals surface area contributed by atoms with E-state index in [4.69, 9.17) is 27.6 Å². The molecule has 0 aliphatic carbocycles. The van der Waals surface area contributed by atoms with E-state index < -0.39 is 24.0 Å². The second kappa shape index (κ2) is 9.26. The molecule has 0 spiro atoms. The first-order valence-corrected chi connectivity index (χ1v) is 9.18. The molecule has 146 valence electrons. The molecule has 2 rings (SSSR count). The first-order valence-electron chi connectivity index (χ1n) is 8.42. The maximum atomic E-state index is 11.6. The van der Waals surface area contributed by atoms with Crippen LogP contribution >= 0.6 is 23.2 Å². The zero-order chi connectivity index (χ0) is 20.1. The van der Waals surface area contributed by atoms with Crippen molar-refractivity contribution in [1.82, 2.24) is 5.32 Å². The molecule has 6 nitrogen and oxygen atoms in total. The van der Waals surface area contributed by atoms with Crippen LogP contribution in [0.3, 0.4) is 0 Å². The predicted octanol–water partition coefficient (Wildman–Crippen LogP) is 4.34. The summed E-state index contributed by atoms with van der Waals surface area (Å²) in [6.45, 7) is 3.75. The predicted molar refractivity (Wildman–Crippen MR) is 103 cm³/mol. The van der Waals surface area contributed by atoms with Crippen LogP contribution in [0.2, 0.25) is 10.0 Å². The fourth-order valence-electron chi connectivity index (χ4n) is 2.71. The van der Waals surface area contributed by atoms with Crippen molar-refractivity contribution in [2.75, 3.05) is 0 Å². The minimum absolute atomic E-state index is 0.00546. The Morgan fingerprint density at radius 3 is 2.15 bits per heavy atom. The highest BCUT2D eigenvalue weighted by atomic mass is 35.5. The molecule has 0 amide bonds. The quantitative estimate of drug-likeness (QED) is 0.565. The van der Waals surface area contributed by atoms with Crippen molar-refractivity contribution < 1.29 is 24.2 Å². The van der Waals surface area contributed by atoms with E-state index in [0.29, 0.717) is 33.6 Å². The number of hydrogen-bond acceptors (Lipinski definition) is 4. The lowest BCUT2D eigenvalue weighted by molar-refractivity contribution is -0.143. The first-order chi connectivity index (χ1) is 12.7. The van der Waals surface area contributed by atoms with Crippen LogP contribution in [-0.4, -0.2) is 34.2 Å². The van der Waals surface area contributed by atoms with Crippen molar-refractivity contribution >= 4 is 35.1 Å². The van der Waals surface area contributed by atoms with Gasteiger partial charge in [0.1, 0.15) is 23.6 Å². The van der Waals surface area contributed by atoms with Gasteiger partial charge >= 0.3 is 11.9 Å². The largest absolute Gasteiger partial charge is 0.480 e. The Kier molecular flexibility index (Phi) is 7.30. The van der Waals surface area contributed by atoms with Gasteiger partial charge in [-0.05, 0) is 42.7 Å². The monoisotopic (exact) mass is 413 g/mol. The highest BCUT2D eigenvalue weighted by Crippen LogP contribution is 2.29. The van der Waals surface area contributed by atoms with Crippen molar-refractivity contribution in [2.45, 2.75) is 38.8 Å². The minimum atomic E-state index is -1.14. The zero-order valence-electron chi connectivity index (χ0n) is 14.9. The van der Waals surface area contributed by atoms with Gasteiger partial charge in [-0.25, -0.2) is 0 Å². The number of carboxylic acid groups (broad SMARTS) is 2. The average molecular weight is 414 g/mol. The average Bonchev–Trinajstić information content (AvgIpc) is 3.00. The topological polar surface area (TPSA) is 99.8 Å². The third kappa shape index (κ3) is 6.27. The van der Waals surface area contributed by atoms with Crippen LogP contribution in [0.15, 0.2) is 34.7 Å². The molecule has 0 aliphatic heterocycles. The number of aliphatic carboxylic acids is 2. The number of rotatable bonds is 9. The highest BCUT2D eigenvalue weighted by Gasteiger charge is 2.27. The molecule has 3 N–H and O–H groups in total. The third-order valence-electron chi connectivity index (χ3n) is 3.92. The van der Waals surface area contributed by atoms with Crippen molar-refractivity contribution in [3.8, 4) is 11.3 Å². The van der Waals surface area contributed by atoms with Crippen molar-refractivity contribution in [2.24, 2.45) is 5.92 Å². The summed E-state index contributed by atoms with van der Waals surface area (Å²) >= 11 is 12.0. The Morgan fingerprint density at radius 2 is 1.63 bits per heavy atom. The van der Waals surface area contributed by atoms with Gasteiger partial charge in [0.25, 0.3) is 0 Å². The van der Waals surface area contributed by atoms with E-state index >= 15 is 0 Å². The van der Waals surface area contributed by atoms with Gasteiger partial charge in [0.2, 0.25) is 0 Å². The van der Waals surface area contributed by atoms with Gasteiger partial charge in [-0.2, -0.15) is 0 Å². The molecule has 1 aromatic carbocycles. The third-order valence-corrected chi connectivity index (χ3v) is 4.36. The van der Waals surface area contributed by atoms with Crippen LogP contribution < -0.4 is 5.32 Å². The van der Waals surface area contributed by atoms with E-state index in [0.717, 1.165) is 0 Å². The van der Waals surface area contributed by atoms with Crippen LogP contribution in [0.25, 0.3) is 11.3 Å². The van der Waals surface area contributed by atoms with E-state index in [1.807, 2.05) is 13.8 Å². The number of furan rings is 1. The lowest BCUT2D eigenvalue weighted by Gasteiger charge is -2.21. The van der Waals surface area contributed by atoms with Gasteiger partial charge < -0.3 is 14.6 Å². The molecule has 2 aromatic rings. The lowest BCUT2D eigenvalue weighted by atomic mass is 10.0. The maximum absolute atomic E-state index is 11.6. The van der Waals surface area contributed by atoms with Crippen LogP contribution in [0.5, 0.6) is 0 Å². The van der Waals surface area contributed by atoms with Gasteiger partial charge in [0.15, 0.2) is 0 Å². The fraction of sp³-hybridized carbons (Fsp3) is 0.368. The minimum Gasteiger partial charge on any atom is -0.480 e. The Hall–Kier alpha value is -2.02. The Morgan fingerprint density at radius 1 is 1.04 bits per heavy atom. The maximum Gasteiger partial charge on any atom is 0.321 e. The van der Waals surface area contributed by atoms with Crippen molar-refractivity contribution in [1.29, 1.82) is 0 Å². The SMILES string of the molecule is CC(C)CC(NC(Cc1ccc(-c2cc(Cl)cc(Cl)c2)o1)C(=O)O)C(=O)O. The summed E-state index contributed by atoms with van der Waals surface area (Å²) in [4.78, 5) is 23.0. The lowest BCUT2D eigenvalue weighted by Crippen LogP contribution is -2.48.